The van der Waals surface area contributed by atoms with Crippen LogP contribution in [0.2, 0.25) is 0 Å². The molecule has 0 radical (unpaired) electrons. The molecule has 2 N–H and O–H groups in total. The van der Waals surface area contributed by atoms with Crippen molar-refractivity contribution in [2.24, 2.45) is 0 Å². The number of ether oxygens (including phenoxy) is 2. The van der Waals surface area contributed by atoms with Crippen LogP contribution < -0.4 is 15.4 Å². The summed E-state index contributed by atoms with van der Waals surface area (Å²) in [6, 6.07) is 6.29. The molecular weight excluding hydrogens is 440 g/mol. The lowest BCUT2D eigenvalue weighted by Gasteiger charge is -2.42. The number of aromatic nitrogens is 1. The van der Waals surface area contributed by atoms with Gasteiger partial charge in [-0.2, -0.15) is 0 Å². The van der Waals surface area contributed by atoms with E-state index in [0.717, 1.165) is 6.42 Å². The van der Waals surface area contributed by atoms with Crippen LogP contribution in [0.25, 0.3) is 0 Å². The average Bonchev–Trinajstić information content (AvgIpc) is 3.27. The molecule has 0 unspecified atom stereocenters. The van der Waals surface area contributed by atoms with Gasteiger partial charge in [0.15, 0.2) is 5.69 Å². The Labute approximate surface area is 197 Å². The minimum absolute atomic E-state index is 0.0257. The highest BCUT2D eigenvalue weighted by molar-refractivity contribution is 6.04. The van der Waals surface area contributed by atoms with Crippen LogP contribution in [0.15, 0.2) is 28.8 Å². The van der Waals surface area contributed by atoms with Gasteiger partial charge in [0.25, 0.3) is 11.8 Å². The summed E-state index contributed by atoms with van der Waals surface area (Å²) in [6.07, 6.45) is 2.02. The standard InChI is InChI=1S/C24H30N4O6/c1-4-9-25-22(29)12-16-6-7-19-21(33-16)13-32-20-8-5-15(11-17(20)24(31)28(19)3)26-23(30)18-10-14(2)34-27-18/h5,8,10-11,16,19,21H,4,6-7,9,12-13H2,1-3H3,(H,25,29)(H,26,30)/t16-,19-,21+/m1/s1. The van der Waals surface area contributed by atoms with E-state index in [0.29, 0.717) is 48.6 Å². The van der Waals surface area contributed by atoms with Crippen molar-refractivity contribution >= 4 is 23.4 Å². The molecule has 34 heavy (non-hydrogen) atoms. The van der Waals surface area contributed by atoms with Crippen molar-refractivity contribution in [2.75, 3.05) is 25.5 Å². The minimum atomic E-state index is -0.431. The predicted octanol–water partition coefficient (Wildman–Crippen LogP) is 2.53. The Bertz CT molecular complexity index is 1070. The highest BCUT2D eigenvalue weighted by atomic mass is 16.5. The number of anilines is 1. The molecule has 2 aliphatic rings. The SMILES string of the molecule is CCCNC(=O)C[C@H]1CC[C@@H]2[C@H](COc3ccc(NC(=O)c4cc(C)on4)cc3C(=O)N2C)O1. The lowest BCUT2D eigenvalue weighted by atomic mass is 9.94. The van der Waals surface area contributed by atoms with Gasteiger partial charge in [-0.05, 0) is 44.4 Å². The van der Waals surface area contributed by atoms with Crippen LogP contribution in [0.5, 0.6) is 5.75 Å². The largest absolute Gasteiger partial charge is 0.490 e. The monoisotopic (exact) mass is 470 g/mol. The summed E-state index contributed by atoms with van der Waals surface area (Å²) in [7, 11) is 1.75. The predicted molar refractivity (Wildman–Crippen MR) is 123 cm³/mol. The van der Waals surface area contributed by atoms with Gasteiger partial charge in [-0.25, -0.2) is 0 Å². The van der Waals surface area contributed by atoms with Crippen molar-refractivity contribution in [1.29, 1.82) is 0 Å². The fourth-order valence-electron chi connectivity index (χ4n) is 4.32. The number of nitrogens with one attached hydrogen (secondary N) is 2. The van der Waals surface area contributed by atoms with E-state index in [1.165, 1.54) is 6.07 Å². The van der Waals surface area contributed by atoms with Gasteiger partial charge in [0, 0.05) is 25.3 Å². The number of amides is 3. The second-order valence-electron chi connectivity index (χ2n) is 8.71. The van der Waals surface area contributed by atoms with Crippen LogP contribution in [0.1, 0.15) is 59.2 Å². The van der Waals surface area contributed by atoms with Crippen molar-refractivity contribution in [1.82, 2.24) is 15.4 Å². The number of aryl methyl sites for hydroxylation is 1. The van der Waals surface area contributed by atoms with Crippen molar-refractivity contribution < 1.29 is 28.4 Å². The molecular formula is C24H30N4O6. The second kappa shape index (κ2) is 10.3. The molecule has 1 fully saturated rings. The Kier molecular flexibility index (Phi) is 7.16. The summed E-state index contributed by atoms with van der Waals surface area (Å²) >= 11 is 0. The highest BCUT2D eigenvalue weighted by Gasteiger charge is 2.39. The second-order valence-corrected chi connectivity index (χ2v) is 8.71. The molecule has 1 aromatic carbocycles. The molecule has 1 saturated heterocycles. The summed E-state index contributed by atoms with van der Waals surface area (Å²) in [6.45, 7) is 4.61. The van der Waals surface area contributed by atoms with Crippen LogP contribution in [-0.4, -0.2) is 66.2 Å². The average molecular weight is 471 g/mol. The highest BCUT2D eigenvalue weighted by Crippen LogP contribution is 2.32. The molecule has 3 heterocycles. The number of carbonyl (C=O) groups is 3. The van der Waals surface area contributed by atoms with Gasteiger partial charge in [0.1, 0.15) is 24.2 Å². The Balaban J connectivity index is 1.46. The van der Waals surface area contributed by atoms with E-state index in [2.05, 4.69) is 15.8 Å². The zero-order valence-electron chi connectivity index (χ0n) is 19.6. The van der Waals surface area contributed by atoms with Gasteiger partial charge < -0.3 is 29.5 Å². The van der Waals surface area contributed by atoms with Gasteiger partial charge in [0.2, 0.25) is 5.91 Å². The molecule has 0 spiro atoms. The van der Waals surface area contributed by atoms with Crippen molar-refractivity contribution in [3.8, 4) is 5.75 Å². The molecule has 10 nitrogen and oxygen atoms in total. The summed E-state index contributed by atoms with van der Waals surface area (Å²) in [4.78, 5) is 39.5. The first-order valence-corrected chi connectivity index (χ1v) is 11.6. The Morgan fingerprint density at radius 2 is 2.06 bits per heavy atom. The van der Waals surface area contributed by atoms with Crippen LogP contribution in [-0.2, 0) is 9.53 Å². The third-order valence-electron chi connectivity index (χ3n) is 6.12. The first-order chi connectivity index (χ1) is 16.4. The van der Waals surface area contributed by atoms with E-state index in [4.69, 9.17) is 14.0 Å². The van der Waals surface area contributed by atoms with E-state index in [-0.39, 0.29) is 42.4 Å². The molecule has 0 bridgehead atoms. The maximum atomic E-state index is 13.3. The smallest absolute Gasteiger partial charge is 0.277 e. The number of nitrogens with zero attached hydrogens (tertiary/aromatic N) is 2. The lowest BCUT2D eigenvalue weighted by molar-refractivity contribution is -0.134. The first-order valence-electron chi connectivity index (χ1n) is 11.6. The Hall–Kier alpha value is -3.40. The number of hydrogen-bond donors (Lipinski definition) is 2. The van der Waals surface area contributed by atoms with Crippen molar-refractivity contribution in [3.63, 3.8) is 0 Å². The van der Waals surface area contributed by atoms with E-state index in [9.17, 15) is 14.4 Å². The van der Waals surface area contributed by atoms with E-state index < -0.39 is 5.91 Å². The Morgan fingerprint density at radius 1 is 1.24 bits per heavy atom. The van der Waals surface area contributed by atoms with Gasteiger partial charge >= 0.3 is 0 Å². The van der Waals surface area contributed by atoms with Gasteiger partial charge in [0.05, 0.1) is 24.1 Å². The molecule has 0 saturated carbocycles. The fourth-order valence-corrected chi connectivity index (χ4v) is 4.32. The van der Waals surface area contributed by atoms with Crippen LogP contribution in [0.4, 0.5) is 5.69 Å². The molecule has 3 amide bonds. The zero-order valence-corrected chi connectivity index (χ0v) is 19.6. The van der Waals surface area contributed by atoms with Crippen LogP contribution in [0, 0.1) is 6.92 Å². The van der Waals surface area contributed by atoms with Gasteiger partial charge in [-0.1, -0.05) is 12.1 Å². The zero-order chi connectivity index (χ0) is 24.2. The Morgan fingerprint density at radius 3 is 2.79 bits per heavy atom. The molecule has 2 aliphatic heterocycles. The third-order valence-corrected chi connectivity index (χ3v) is 6.12. The molecule has 4 rings (SSSR count). The molecule has 3 atom stereocenters. The molecule has 182 valence electrons. The summed E-state index contributed by atoms with van der Waals surface area (Å²) < 4.78 is 17.1. The third kappa shape index (κ3) is 5.22. The number of fused-ring (bicyclic) bond motifs is 2. The first kappa shape index (κ1) is 23.7. The van der Waals surface area contributed by atoms with E-state index >= 15 is 0 Å². The van der Waals surface area contributed by atoms with E-state index in [1.807, 2.05) is 6.92 Å². The maximum Gasteiger partial charge on any atom is 0.277 e. The number of hydrogen-bond acceptors (Lipinski definition) is 7. The van der Waals surface area contributed by atoms with Gasteiger partial charge in [-0.3, -0.25) is 14.4 Å². The number of rotatable bonds is 6. The van der Waals surface area contributed by atoms with Crippen molar-refractivity contribution in [3.05, 3.63) is 41.3 Å². The number of carbonyl (C=O) groups excluding carboxylic acids is 3. The molecule has 0 aliphatic carbocycles. The molecule has 2 aromatic rings. The lowest BCUT2D eigenvalue weighted by Crippen LogP contribution is -2.54. The maximum absolute atomic E-state index is 13.3. The number of benzene rings is 1. The molecule has 10 heteroatoms. The minimum Gasteiger partial charge on any atom is -0.490 e. The number of likely N-dealkylation sites (N-methyl/N-ethyl adjacent to an activating group) is 1. The van der Waals surface area contributed by atoms with Crippen LogP contribution in [0.3, 0.4) is 0 Å². The summed E-state index contributed by atoms with van der Waals surface area (Å²) in [5.74, 6) is 0.265. The van der Waals surface area contributed by atoms with E-state index in [1.54, 1.807) is 37.1 Å². The quantitative estimate of drug-likeness (QED) is 0.665. The van der Waals surface area contributed by atoms with Crippen molar-refractivity contribution in [2.45, 2.75) is 57.8 Å². The normalized spacial score (nSPS) is 22.0. The summed E-state index contributed by atoms with van der Waals surface area (Å²) in [5.41, 5.74) is 0.963. The van der Waals surface area contributed by atoms with Crippen LogP contribution >= 0.6 is 0 Å². The van der Waals surface area contributed by atoms with Gasteiger partial charge in [-0.15, -0.1) is 0 Å². The fraction of sp³-hybridized carbons (Fsp3) is 0.500. The molecule has 1 aromatic heterocycles. The summed E-state index contributed by atoms with van der Waals surface area (Å²) in [5, 5.41) is 9.33. The topological polar surface area (TPSA) is 123 Å².